The molecule has 1 aromatic heterocycles. The van der Waals surface area contributed by atoms with E-state index in [1.807, 2.05) is 0 Å². The standard InChI is InChI=1S/C7H12N2O3/c1-9(3-4-11-2)6-5-8-12-7(6)10/h5,8H,3-4H2,1-2H3. The fourth-order valence-electron chi connectivity index (χ4n) is 0.865. The Morgan fingerprint density at radius 1 is 1.75 bits per heavy atom. The Morgan fingerprint density at radius 3 is 3.00 bits per heavy atom. The van der Waals surface area contributed by atoms with Gasteiger partial charge >= 0.3 is 5.63 Å². The van der Waals surface area contributed by atoms with Crippen LogP contribution in [0.1, 0.15) is 0 Å². The van der Waals surface area contributed by atoms with Crippen molar-refractivity contribution in [2.75, 3.05) is 32.2 Å². The van der Waals surface area contributed by atoms with Crippen molar-refractivity contribution in [3.05, 3.63) is 16.6 Å². The number of methoxy groups -OCH3 is 1. The Morgan fingerprint density at radius 2 is 2.50 bits per heavy atom. The first kappa shape index (κ1) is 8.86. The molecule has 1 rings (SSSR count). The first-order chi connectivity index (χ1) is 5.75. The maximum absolute atomic E-state index is 10.9. The van der Waals surface area contributed by atoms with Gasteiger partial charge in [-0.15, -0.1) is 0 Å². The number of ether oxygens (including phenoxy) is 1. The molecule has 0 amide bonds. The summed E-state index contributed by atoms with van der Waals surface area (Å²) >= 11 is 0. The number of likely N-dealkylation sites (N-methyl/N-ethyl adjacent to an activating group) is 1. The van der Waals surface area contributed by atoms with E-state index in [0.29, 0.717) is 18.8 Å². The molecule has 0 bridgehead atoms. The van der Waals surface area contributed by atoms with Gasteiger partial charge in [-0.1, -0.05) is 0 Å². The van der Waals surface area contributed by atoms with Gasteiger partial charge in [0.15, 0.2) is 0 Å². The minimum absolute atomic E-state index is 0.353. The number of hydrogen-bond donors (Lipinski definition) is 1. The van der Waals surface area contributed by atoms with Crippen LogP contribution < -0.4 is 10.5 Å². The molecule has 1 N–H and O–H groups in total. The highest BCUT2D eigenvalue weighted by Gasteiger charge is 2.06. The molecular formula is C7H12N2O3. The molecule has 0 saturated carbocycles. The maximum atomic E-state index is 10.9. The Labute approximate surface area is 69.9 Å². The molecule has 0 atom stereocenters. The van der Waals surface area contributed by atoms with Crippen molar-refractivity contribution >= 4 is 5.69 Å². The number of nitrogens with one attached hydrogen (secondary N) is 1. The molecule has 68 valence electrons. The summed E-state index contributed by atoms with van der Waals surface area (Å²) in [5.41, 5.74) is 0.167. The number of rotatable bonds is 4. The van der Waals surface area contributed by atoms with E-state index < -0.39 is 0 Å². The van der Waals surface area contributed by atoms with Gasteiger partial charge in [0.25, 0.3) is 0 Å². The predicted molar refractivity (Wildman–Crippen MR) is 44.5 cm³/mol. The average Bonchev–Trinajstić information content (AvgIpc) is 2.47. The van der Waals surface area contributed by atoms with E-state index in [2.05, 4.69) is 9.68 Å². The molecule has 0 aliphatic rings. The van der Waals surface area contributed by atoms with Crippen LogP contribution in [0.3, 0.4) is 0 Å². The number of H-pyrrole nitrogens is 1. The summed E-state index contributed by atoms with van der Waals surface area (Å²) in [6.07, 6.45) is 1.53. The molecule has 5 nitrogen and oxygen atoms in total. The third-order valence-electron chi connectivity index (χ3n) is 1.60. The van der Waals surface area contributed by atoms with Crippen molar-refractivity contribution in [3.63, 3.8) is 0 Å². The molecule has 1 heterocycles. The van der Waals surface area contributed by atoms with Crippen molar-refractivity contribution < 1.29 is 9.26 Å². The monoisotopic (exact) mass is 172 g/mol. The summed E-state index contributed by atoms with van der Waals surface area (Å²) in [6, 6.07) is 0. The third kappa shape index (κ3) is 1.88. The van der Waals surface area contributed by atoms with Gasteiger partial charge in [0.05, 0.1) is 12.8 Å². The summed E-state index contributed by atoms with van der Waals surface area (Å²) in [4.78, 5) is 12.7. The van der Waals surface area contributed by atoms with E-state index >= 15 is 0 Å². The van der Waals surface area contributed by atoms with Gasteiger partial charge in [-0.25, -0.2) is 9.95 Å². The van der Waals surface area contributed by atoms with Crippen LogP contribution in [0, 0.1) is 0 Å². The lowest BCUT2D eigenvalue weighted by Gasteiger charge is -2.13. The molecule has 0 spiro atoms. The van der Waals surface area contributed by atoms with E-state index in [1.54, 1.807) is 19.1 Å². The van der Waals surface area contributed by atoms with Crippen LogP contribution in [0.25, 0.3) is 0 Å². The normalized spacial score (nSPS) is 10.2. The lowest BCUT2D eigenvalue weighted by molar-refractivity contribution is 0.206. The van der Waals surface area contributed by atoms with E-state index in [0.717, 1.165) is 0 Å². The van der Waals surface area contributed by atoms with Crippen LogP contribution in [0.2, 0.25) is 0 Å². The molecule has 0 aliphatic heterocycles. The van der Waals surface area contributed by atoms with E-state index in [9.17, 15) is 4.79 Å². The lowest BCUT2D eigenvalue weighted by Crippen LogP contribution is -2.25. The van der Waals surface area contributed by atoms with Crippen LogP contribution in [0.4, 0.5) is 5.69 Å². The molecule has 12 heavy (non-hydrogen) atoms. The smallest absolute Gasteiger partial charge is 0.380 e. The second-order valence-corrected chi connectivity index (χ2v) is 2.45. The average molecular weight is 172 g/mol. The van der Waals surface area contributed by atoms with E-state index in [1.165, 1.54) is 6.20 Å². The zero-order chi connectivity index (χ0) is 8.97. The predicted octanol–water partition coefficient (Wildman–Crippen LogP) is 0.0505. The molecule has 0 unspecified atom stereocenters. The van der Waals surface area contributed by atoms with E-state index in [4.69, 9.17) is 4.74 Å². The van der Waals surface area contributed by atoms with Gasteiger partial charge in [0, 0.05) is 20.7 Å². The number of anilines is 1. The first-order valence-electron chi connectivity index (χ1n) is 3.62. The fourth-order valence-corrected chi connectivity index (χ4v) is 0.865. The highest BCUT2D eigenvalue weighted by molar-refractivity contribution is 5.39. The summed E-state index contributed by atoms with van der Waals surface area (Å²) in [6.45, 7) is 1.25. The van der Waals surface area contributed by atoms with Gasteiger partial charge < -0.3 is 14.2 Å². The second kappa shape index (κ2) is 3.96. The van der Waals surface area contributed by atoms with Crippen LogP contribution in [0.15, 0.2) is 15.5 Å². The van der Waals surface area contributed by atoms with Gasteiger partial charge in [-0.2, -0.15) is 0 Å². The topological polar surface area (TPSA) is 58.5 Å². The highest BCUT2D eigenvalue weighted by atomic mass is 16.5. The van der Waals surface area contributed by atoms with Gasteiger partial charge in [-0.05, 0) is 0 Å². The van der Waals surface area contributed by atoms with Crippen LogP contribution in [0.5, 0.6) is 0 Å². The Balaban J connectivity index is 2.59. The highest BCUT2D eigenvalue weighted by Crippen LogP contribution is 2.02. The third-order valence-corrected chi connectivity index (χ3v) is 1.60. The van der Waals surface area contributed by atoms with Gasteiger partial charge in [-0.3, -0.25) is 0 Å². The van der Waals surface area contributed by atoms with Gasteiger partial charge in [0.2, 0.25) is 0 Å². The number of nitrogens with zero attached hydrogens (tertiary/aromatic N) is 1. The van der Waals surface area contributed by atoms with Crippen molar-refractivity contribution in [2.45, 2.75) is 0 Å². The SMILES string of the molecule is COCCN(C)c1c[nH]oc1=O. The van der Waals surface area contributed by atoms with Gasteiger partial charge in [0.1, 0.15) is 5.69 Å². The molecule has 0 fully saturated rings. The number of aromatic nitrogens is 1. The zero-order valence-corrected chi connectivity index (χ0v) is 7.16. The summed E-state index contributed by atoms with van der Waals surface area (Å²) in [7, 11) is 3.42. The molecule has 0 aromatic carbocycles. The minimum Gasteiger partial charge on any atom is -0.383 e. The van der Waals surface area contributed by atoms with Crippen LogP contribution >= 0.6 is 0 Å². The van der Waals surface area contributed by atoms with E-state index in [-0.39, 0.29) is 5.63 Å². The molecule has 1 aromatic rings. The number of aromatic amines is 1. The van der Waals surface area contributed by atoms with Crippen molar-refractivity contribution in [1.29, 1.82) is 0 Å². The van der Waals surface area contributed by atoms with Crippen molar-refractivity contribution in [2.24, 2.45) is 0 Å². The van der Waals surface area contributed by atoms with Crippen LogP contribution in [-0.4, -0.2) is 32.5 Å². The summed E-state index contributed by atoms with van der Waals surface area (Å²) in [5.74, 6) is 0. The van der Waals surface area contributed by atoms with Crippen molar-refractivity contribution in [1.82, 2.24) is 5.16 Å². The molecule has 0 aliphatic carbocycles. The van der Waals surface area contributed by atoms with Crippen LogP contribution in [-0.2, 0) is 4.74 Å². The number of hydrogen-bond acceptors (Lipinski definition) is 4. The summed E-state index contributed by atoms with van der Waals surface area (Å²) in [5, 5.41) is 2.39. The largest absolute Gasteiger partial charge is 0.383 e. The zero-order valence-electron chi connectivity index (χ0n) is 7.16. The molecular weight excluding hydrogens is 160 g/mol. The Bertz CT molecular complexity index is 278. The molecule has 0 radical (unpaired) electrons. The Hall–Kier alpha value is -1.23. The Kier molecular flexibility index (Phi) is 2.93. The lowest BCUT2D eigenvalue weighted by atomic mass is 10.5. The first-order valence-corrected chi connectivity index (χ1v) is 3.62. The second-order valence-electron chi connectivity index (χ2n) is 2.45. The molecule has 0 saturated heterocycles. The summed E-state index contributed by atoms with van der Waals surface area (Å²) < 4.78 is 9.37. The minimum atomic E-state index is -0.353. The fraction of sp³-hybridized carbons (Fsp3) is 0.571. The van der Waals surface area contributed by atoms with Crippen molar-refractivity contribution in [3.8, 4) is 0 Å². The maximum Gasteiger partial charge on any atom is 0.380 e. The quantitative estimate of drug-likeness (QED) is 0.697. The molecule has 5 heteroatoms.